The van der Waals surface area contributed by atoms with E-state index in [2.05, 4.69) is 15.6 Å². The van der Waals surface area contributed by atoms with E-state index in [0.717, 1.165) is 0 Å². The Hall–Kier alpha value is -3.16. The van der Waals surface area contributed by atoms with Crippen molar-refractivity contribution in [3.05, 3.63) is 42.0 Å². The van der Waals surface area contributed by atoms with Crippen LogP contribution in [0.1, 0.15) is 16.8 Å². The number of nitrogens with one attached hydrogen (secondary N) is 3. The zero-order valence-corrected chi connectivity index (χ0v) is 21.1. The molecule has 0 aliphatic carbocycles. The van der Waals surface area contributed by atoms with Crippen molar-refractivity contribution in [3.63, 3.8) is 0 Å². The summed E-state index contributed by atoms with van der Waals surface area (Å²) >= 11 is 1.45. The molecule has 0 bridgehead atoms. The first-order valence-corrected chi connectivity index (χ1v) is 13.4. The second-order valence-electron chi connectivity index (χ2n) is 7.27. The van der Waals surface area contributed by atoms with Gasteiger partial charge < -0.3 is 18.9 Å². The van der Waals surface area contributed by atoms with Crippen molar-refractivity contribution in [2.45, 2.75) is 17.4 Å². The number of hydrogen-bond acceptors (Lipinski definition) is 9. The van der Waals surface area contributed by atoms with Crippen molar-refractivity contribution in [1.82, 2.24) is 15.6 Å². The summed E-state index contributed by atoms with van der Waals surface area (Å²) in [6, 6.07) is 7.60. The highest BCUT2D eigenvalue weighted by Crippen LogP contribution is 2.32. The maximum atomic E-state index is 13.0. The number of rotatable bonds is 10. The van der Waals surface area contributed by atoms with E-state index in [1.807, 2.05) is 6.26 Å². The topological polar surface area (TPSA) is 141 Å². The summed E-state index contributed by atoms with van der Waals surface area (Å²) in [7, 11) is -1.17. The molecule has 0 fully saturated rings. The summed E-state index contributed by atoms with van der Waals surface area (Å²) in [5.74, 6) is 0.726. The minimum absolute atomic E-state index is 0.0712. The first-order chi connectivity index (χ1) is 16.8. The monoisotopic (exact) mass is 525 g/mol. The van der Waals surface area contributed by atoms with Gasteiger partial charge in [0, 0.05) is 11.6 Å². The lowest BCUT2D eigenvalue weighted by Crippen LogP contribution is -2.52. The molecular weight excluding hydrogens is 498 g/mol. The lowest BCUT2D eigenvalue weighted by Gasteiger charge is -2.21. The first kappa shape index (κ1) is 26.4. The number of fused-ring (bicyclic) bond motifs is 1. The lowest BCUT2D eigenvalue weighted by atomic mass is 10.2. The SMILES string of the molecule is COc1ccc(C(=O)NNC(=O)C(CCSC)NS(=O)(=O)c2ccc3c(c2)OCCO3)cc1OC. The van der Waals surface area contributed by atoms with Crippen LogP contribution in [-0.2, 0) is 14.8 Å². The van der Waals surface area contributed by atoms with E-state index in [9.17, 15) is 18.0 Å². The van der Waals surface area contributed by atoms with Crippen LogP contribution in [0.15, 0.2) is 41.3 Å². The second-order valence-corrected chi connectivity index (χ2v) is 9.97. The number of carbonyl (C=O) groups is 2. The fraction of sp³-hybridized carbons (Fsp3) is 0.364. The van der Waals surface area contributed by atoms with Gasteiger partial charge in [-0.25, -0.2) is 8.42 Å². The van der Waals surface area contributed by atoms with E-state index in [1.54, 1.807) is 6.07 Å². The third-order valence-electron chi connectivity index (χ3n) is 4.99. The average Bonchev–Trinajstić information content (AvgIpc) is 2.88. The summed E-state index contributed by atoms with van der Waals surface area (Å²) in [5.41, 5.74) is 4.80. The molecule has 190 valence electrons. The molecule has 11 nitrogen and oxygen atoms in total. The van der Waals surface area contributed by atoms with Crippen molar-refractivity contribution in [1.29, 1.82) is 0 Å². The average molecular weight is 526 g/mol. The van der Waals surface area contributed by atoms with Crippen molar-refractivity contribution in [2.75, 3.05) is 39.4 Å². The largest absolute Gasteiger partial charge is 0.493 e. The molecule has 2 aromatic carbocycles. The summed E-state index contributed by atoms with van der Waals surface area (Å²) in [5, 5.41) is 0. The summed E-state index contributed by atoms with van der Waals surface area (Å²) < 4.78 is 49.6. The van der Waals surface area contributed by atoms with Gasteiger partial charge in [0.1, 0.15) is 19.3 Å². The van der Waals surface area contributed by atoms with Crippen LogP contribution in [0.4, 0.5) is 0 Å². The highest BCUT2D eigenvalue weighted by molar-refractivity contribution is 7.98. The molecule has 3 rings (SSSR count). The minimum Gasteiger partial charge on any atom is -0.493 e. The van der Waals surface area contributed by atoms with Gasteiger partial charge >= 0.3 is 0 Å². The first-order valence-electron chi connectivity index (χ1n) is 10.5. The van der Waals surface area contributed by atoms with Gasteiger partial charge in [0.25, 0.3) is 11.8 Å². The summed E-state index contributed by atoms with van der Waals surface area (Å²) in [6.07, 6.45) is 2.03. The molecule has 0 radical (unpaired) electrons. The van der Waals surface area contributed by atoms with Crippen LogP contribution in [0.3, 0.4) is 0 Å². The van der Waals surface area contributed by atoms with Gasteiger partial charge in [-0.1, -0.05) is 0 Å². The Morgan fingerprint density at radius 2 is 1.71 bits per heavy atom. The maximum absolute atomic E-state index is 13.0. The molecule has 1 heterocycles. The van der Waals surface area contributed by atoms with Crippen molar-refractivity contribution < 1.29 is 37.0 Å². The number of sulfonamides is 1. The predicted octanol–water partition coefficient (Wildman–Crippen LogP) is 1.34. The van der Waals surface area contributed by atoms with E-state index in [0.29, 0.717) is 42.0 Å². The van der Waals surface area contributed by atoms with E-state index in [-0.39, 0.29) is 16.9 Å². The Kier molecular flexibility index (Phi) is 9.07. The Labute approximate surface area is 207 Å². The third-order valence-corrected chi connectivity index (χ3v) is 7.11. The van der Waals surface area contributed by atoms with Crippen LogP contribution in [0.5, 0.6) is 23.0 Å². The van der Waals surface area contributed by atoms with Gasteiger partial charge in [-0.2, -0.15) is 16.5 Å². The summed E-state index contributed by atoms with van der Waals surface area (Å²) in [6.45, 7) is 0.686. The zero-order valence-electron chi connectivity index (χ0n) is 19.5. The number of methoxy groups -OCH3 is 2. The number of hydrazine groups is 1. The Bertz CT molecular complexity index is 1170. The molecule has 0 saturated carbocycles. The molecule has 35 heavy (non-hydrogen) atoms. The molecule has 0 aromatic heterocycles. The number of amides is 2. The Morgan fingerprint density at radius 3 is 2.40 bits per heavy atom. The van der Waals surface area contributed by atoms with Gasteiger partial charge in [-0.3, -0.25) is 20.4 Å². The van der Waals surface area contributed by atoms with Crippen molar-refractivity contribution in [2.24, 2.45) is 0 Å². The van der Waals surface area contributed by atoms with Crippen LogP contribution in [0, 0.1) is 0 Å². The van der Waals surface area contributed by atoms with Gasteiger partial charge in [-0.15, -0.1) is 0 Å². The lowest BCUT2D eigenvalue weighted by molar-refractivity contribution is -0.123. The smallest absolute Gasteiger partial charge is 0.269 e. The molecule has 1 unspecified atom stereocenters. The quantitative estimate of drug-likeness (QED) is 0.392. The van der Waals surface area contributed by atoms with Crippen LogP contribution in [0.2, 0.25) is 0 Å². The normalized spacial score (nSPS) is 13.5. The third kappa shape index (κ3) is 6.71. The van der Waals surface area contributed by atoms with Gasteiger partial charge in [-0.05, 0) is 48.8 Å². The van der Waals surface area contributed by atoms with Crippen molar-refractivity contribution in [3.8, 4) is 23.0 Å². The van der Waals surface area contributed by atoms with Gasteiger partial charge in [0.15, 0.2) is 23.0 Å². The molecule has 0 saturated heterocycles. The van der Waals surface area contributed by atoms with E-state index >= 15 is 0 Å². The van der Waals surface area contributed by atoms with Gasteiger partial charge in [0.2, 0.25) is 10.0 Å². The summed E-state index contributed by atoms with van der Waals surface area (Å²) in [4.78, 5) is 25.2. The van der Waals surface area contributed by atoms with E-state index in [4.69, 9.17) is 18.9 Å². The number of carbonyl (C=O) groups excluding carboxylic acids is 2. The van der Waals surface area contributed by atoms with E-state index < -0.39 is 27.9 Å². The molecule has 13 heteroatoms. The van der Waals surface area contributed by atoms with Crippen LogP contribution in [-0.4, -0.2) is 65.7 Å². The number of ether oxygens (including phenoxy) is 4. The van der Waals surface area contributed by atoms with Crippen LogP contribution in [0.25, 0.3) is 0 Å². The zero-order chi connectivity index (χ0) is 25.4. The number of benzene rings is 2. The van der Waals surface area contributed by atoms with E-state index in [1.165, 1.54) is 56.3 Å². The highest BCUT2D eigenvalue weighted by Gasteiger charge is 2.27. The maximum Gasteiger partial charge on any atom is 0.269 e. The molecule has 2 amide bonds. The number of thioether (sulfide) groups is 1. The molecule has 1 aliphatic heterocycles. The number of hydrogen-bond donors (Lipinski definition) is 3. The molecule has 3 N–H and O–H groups in total. The van der Waals surface area contributed by atoms with Gasteiger partial charge in [0.05, 0.1) is 19.1 Å². The molecule has 2 aromatic rings. The Morgan fingerprint density at radius 1 is 1.00 bits per heavy atom. The Balaban J connectivity index is 1.69. The van der Waals surface area contributed by atoms with Crippen molar-refractivity contribution >= 4 is 33.6 Å². The fourth-order valence-electron chi connectivity index (χ4n) is 3.18. The minimum atomic E-state index is -4.07. The standard InChI is InChI=1S/C22H27N3O8S2/c1-30-17-6-4-14(12-19(17)31-2)21(26)23-24-22(27)16(8-11-34-3)25-35(28,29)15-5-7-18-20(13-15)33-10-9-32-18/h4-7,12-13,16,25H,8-11H2,1-3H3,(H,23,26)(H,24,27). The molecule has 0 spiro atoms. The highest BCUT2D eigenvalue weighted by atomic mass is 32.2. The fourth-order valence-corrected chi connectivity index (χ4v) is 4.90. The molecule has 1 atom stereocenters. The van der Waals surface area contributed by atoms with Crippen LogP contribution < -0.4 is 34.5 Å². The predicted molar refractivity (Wildman–Crippen MR) is 130 cm³/mol. The van der Waals surface area contributed by atoms with Crippen LogP contribution >= 0.6 is 11.8 Å². The molecule has 1 aliphatic rings. The molecular formula is C22H27N3O8S2. The second kappa shape index (κ2) is 12.0.